The van der Waals surface area contributed by atoms with Crippen LogP contribution in [0.1, 0.15) is 33.6 Å². The van der Waals surface area contributed by atoms with Crippen molar-refractivity contribution in [1.29, 1.82) is 0 Å². The molecule has 16 heavy (non-hydrogen) atoms. The number of rotatable bonds is 5. The normalized spacial score (nSPS) is 25.3. The fourth-order valence-electron chi connectivity index (χ4n) is 1.82. The van der Waals surface area contributed by atoms with E-state index >= 15 is 0 Å². The van der Waals surface area contributed by atoms with Crippen LogP contribution in [-0.2, 0) is 9.47 Å². The van der Waals surface area contributed by atoms with Crippen LogP contribution in [0.5, 0.6) is 0 Å². The Balaban J connectivity index is 2.23. The summed E-state index contributed by atoms with van der Waals surface area (Å²) in [5.41, 5.74) is 0.120. The van der Waals surface area contributed by atoms with E-state index in [1.54, 1.807) is 0 Å². The second-order valence-electron chi connectivity index (χ2n) is 5.60. The number of ether oxygens (including phenoxy) is 2. The molecule has 3 nitrogen and oxygen atoms in total. The molecule has 1 fully saturated rings. The topological polar surface area (TPSA) is 38.7 Å². The van der Waals surface area contributed by atoms with Crippen molar-refractivity contribution in [2.45, 2.75) is 46.0 Å². The molecule has 1 aliphatic rings. The molecule has 1 aliphatic heterocycles. The minimum Gasteiger partial charge on any atom is -0.392 e. The molecule has 0 spiro atoms. The lowest BCUT2D eigenvalue weighted by molar-refractivity contribution is -0.227. The molecule has 2 atom stereocenters. The molecular formula is C12H23ClO3. The van der Waals surface area contributed by atoms with Crippen molar-refractivity contribution >= 4 is 11.6 Å². The molecule has 0 bridgehead atoms. The summed E-state index contributed by atoms with van der Waals surface area (Å²) < 4.78 is 11.3. The Morgan fingerprint density at radius 1 is 1.38 bits per heavy atom. The lowest BCUT2D eigenvalue weighted by atomic mass is 9.94. The fourth-order valence-corrected chi connectivity index (χ4v) is 1.94. The van der Waals surface area contributed by atoms with E-state index in [9.17, 15) is 5.11 Å². The summed E-state index contributed by atoms with van der Waals surface area (Å²) in [6.45, 7) is 7.82. The maximum atomic E-state index is 9.43. The van der Waals surface area contributed by atoms with Gasteiger partial charge in [0.1, 0.15) is 0 Å². The molecule has 0 radical (unpaired) electrons. The van der Waals surface area contributed by atoms with Crippen molar-refractivity contribution in [2.24, 2.45) is 11.3 Å². The summed E-state index contributed by atoms with van der Waals surface area (Å²) in [6.07, 6.45) is 0.988. The fraction of sp³-hybridized carbons (Fsp3) is 1.00. The average Bonchev–Trinajstić information content (AvgIpc) is 2.21. The van der Waals surface area contributed by atoms with Gasteiger partial charge in [-0.05, 0) is 12.3 Å². The smallest absolute Gasteiger partial charge is 0.157 e. The summed E-state index contributed by atoms with van der Waals surface area (Å²) in [4.78, 5) is 0. The Hall–Kier alpha value is 0.170. The second kappa shape index (κ2) is 6.20. The van der Waals surface area contributed by atoms with Gasteiger partial charge < -0.3 is 14.6 Å². The zero-order valence-electron chi connectivity index (χ0n) is 10.4. The van der Waals surface area contributed by atoms with Gasteiger partial charge in [0.2, 0.25) is 0 Å². The maximum absolute atomic E-state index is 9.43. The number of alkyl halides is 1. The first-order valence-corrected chi connectivity index (χ1v) is 6.43. The van der Waals surface area contributed by atoms with Gasteiger partial charge in [-0.1, -0.05) is 20.8 Å². The molecule has 0 aromatic heterocycles. The molecule has 96 valence electrons. The van der Waals surface area contributed by atoms with Crippen LogP contribution in [0.4, 0.5) is 0 Å². The predicted molar refractivity (Wildman–Crippen MR) is 64.6 cm³/mol. The first-order valence-electron chi connectivity index (χ1n) is 5.90. The zero-order chi connectivity index (χ0) is 12.2. The Labute approximate surface area is 103 Å². The highest BCUT2D eigenvalue weighted by molar-refractivity contribution is 6.18. The lowest BCUT2D eigenvalue weighted by Gasteiger charge is -2.35. The van der Waals surface area contributed by atoms with Crippen LogP contribution in [-0.4, -0.2) is 36.6 Å². The van der Waals surface area contributed by atoms with Gasteiger partial charge in [-0.3, -0.25) is 0 Å². The molecule has 0 aromatic carbocycles. The van der Waals surface area contributed by atoms with E-state index < -0.39 is 6.10 Å². The van der Waals surface area contributed by atoms with Crippen LogP contribution in [0.2, 0.25) is 0 Å². The van der Waals surface area contributed by atoms with Crippen LogP contribution < -0.4 is 0 Å². The standard InChI is InChI=1S/C12H23ClO3/c1-9(4-10(14)6-13)5-11-15-7-12(2,3)8-16-11/h9-11,14H,4-8H2,1-3H3. The van der Waals surface area contributed by atoms with Crippen molar-refractivity contribution in [3.05, 3.63) is 0 Å². The van der Waals surface area contributed by atoms with Crippen LogP contribution >= 0.6 is 11.6 Å². The Kier molecular flexibility index (Phi) is 5.51. The molecule has 0 saturated carbocycles. The van der Waals surface area contributed by atoms with E-state index in [-0.39, 0.29) is 11.7 Å². The molecule has 1 saturated heterocycles. The number of hydrogen-bond donors (Lipinski definition) is 1. The molecule has 0 amide bonds. The number of halogens is 1. The number of hydrogen-bond acceptors (Lipinski definition) is 3. The van der Waals surface area contributed by atoms with Gasteiger partial charge in [-0.15, -0.1) is 11.6 Å². The number of aliphatic hydroxyl groups is 1. The van der Waals surface area contributed by atoms with E-state index in [2.05, 4.69) is 20.8 Å². The highest BCUT2D eigenvalue weighted by atomic mass is 35.5. The van der Waals surface area contributed by atoms with Crippen molar-refractivity contribution < 1.29 is 14.6 Å². The zero-order valence-corrected chi connectivity index (χ0v) is 11.2. The molecular weight excluding hydrogens is 228 g/mol. The summed E-state index contributed by atoms with van der Waals surface area (Å²) in [5, 5.41) is 9.43. The van der Waals surface area contributed by atoms with Crippen LogP contribution in [0.3, 0.4) is 0 Å². The van der Waals surface area contributed by atoms with E-state index in [1.165, 1.54) is 0 Å². The van der Waals surface area contributed by atoms with Gasteiger partial charge in [0.05, 0.1) is 19.3 Å². The SMILES string of the molecule is CC(CC(O)CCl)CC1OCC(C)(C)CO1. The van der Waals surface area contributed by atoms with Crippen LogP contribution in [0, 0.1) is 11.3 Å². The Bertz CT molecular complexity index is 198. The minimum absolute atomic E-state index is 0.120. The predicted octanol–water partition coefficient (Wildman–Crippen LogP) is 2.40. The highest BCUT2D eigenvalue weighted by Crippen LogP contribution is 2.26. The van der Waals surface area contributed by atoms with Crippen LogP contribution in [0.15, 0.2) is 0 Å². The summed E-state index contributed by atoms with van der Waals surface area (Å²) in [7, 11) is 0. The minimum atomic E-state index is -0.420. The Morgan fingerprint density at radius 3 is 2.44 bits per heavy atom. The van der Waals surface area contributed by atoms with Gasteiger partial charge in [0, 0.05) is 17.7 Å². The van der Waals surface area contributed by atoms with Gasteiger partial charge >= 0.3 is 0 Å². The van der Waals surface area contributed by atoms with Gasteiger partial charge in [0.25, 0.3) is 0 Å². The van der Waals surface area contributed by atoms with Gasteiger partial charge in [-0.25, -0.2) is 0 Å². The van der Waals surface area contributed by atoms with Crippen molar-refractivity contribution in [1.82, 2.24) is 0 Å². The van der Waals surface area contributed by atoms with Gasteiger partial charge in [0.15, 0.2) is 6.29 Å². The second-order valence-corrected chi connectivity index (χ2v) is 5.91. The van der Waals surface area contributed by atoms with Crippen LogP contribution in [0.25, 0.3) is 0 Å². The van der Waals surface area contributed by atoms with Gasteiger partial charge in [-0.2, -0.15) is 0 Å². The molecule has 1 N–H and O–H groups in total. The monoisotopic (exact) mass is 250 g/mol. The quantitative estimate of drug-likeness (QED) is 0.762. The molecule has 4 heteroatoms. The maximum Gasteiger partial charge on any atom is 0.157 e. The van der Waals surface area contributed by atoms with Crippen molar-refractivity contribution in [2.75, 3.05) is 19.1 Å². The third-order valence-corrected chi connectivity index (χ3v) is 3.12. The third kappa shape index (κ3) is 5.00. The molecule has 1 rings (SSSR count). The summed E-state index contributed by atoms with van der Waals surface area (Å²) in [6, 6.07) is 0. The first kappa shape index (κ1) is 14.2. The average molecular weight is 251 g/mol. The van der Waals surface area contributed by atoms with E-state index in [0.717, 1.165) is 19.6 Å². The lowest BCUT2D eigenvalue weighted by Crippen LogP contribution is -2.38. The molecule has 1 heterocycles. The summed E-state index contributed by atoms with van der Waals surface area (Å²) >= 11 is 5.56. The van der Waals surface area contributed by atoms with Crippen molar-refractivity contribution in [3.8, 4) is 0 Å². The van der Waals surface area contributed by atoms with E-state index in [0.29, 0.717) is 18.2 Å². The molecule has 0 aromatic rings. The Morgan fingerprint density at radius 2 is 1.94 bits per heavy atom. The van der Waals surface area contributed by atoms with E-state index in [1.807, 2.05) is 0 Å². The molecule has 0 aliphatic carbocycles. The van der Waals surface area contributed by atoms with Crippen molar-refractivity contribution in [3.63, 3.8) is 0 Å². The first-order chi connectivity index (χ1) is 7.43. The molecule has 2 unspecified atom stereocenters. The largest absolute Gasteiger partial charge is 0.392 e. The third-order valence-electron chi connectivity index (χ3n) is 2.77. The highest BCUT2D eigenvalue weighted by Gasteiger charge is 2.29. The van der Waals surface area contributed by atoms with E-state index in [4.69, 9.17) is 21.1 Å². The summed E-state index contributed by atoms with van der Waals surface area (Å²) in [5.74, 6) is 0.656. The number of aliphatic hydroxyl groups excluding tert-OH is 1.